The van der Waals surface area contributed by atoms with Gasteiger partial charge in [-0.2, -0.15) is 11.8 Å². The summed E-state index contributed by atoms with van der Waals surface area (Å²) >= 11 is 2.02. The maximum absolute atomic E-state index is 5.37. The average molecular weight is 259 g/mol. The Bertz CT molecular complexity index is 495. The van der Waals surface area contributed by atoms with Gasteiger partial charge in [-0.05, 0) is 35.4 Å². The van der Waals surface area contributed by atoms with Crippen LogP contribution in [-0.2, 0) is 13.0 Å². The summed E-state index contributed by atoms with van der Waals surface area (Å²) in [4.78, 5) is 0. The van der Waals surface area contributed by atoms with Crippen LogP contribution in [0.2, 0.25) is 0 Å². The van der Waals surface area contributed by atoms with Crippen LogP contribution in [0.4, 0.5) is 0 Å². The molecule has 0 aliphatic carbocycles. The maximum atomic E-state index is 5.37. The van der Waals surface area contributed by atoms with Crippen LogP contribution in [0.3, 0.4) is 0 Å². The van der Waals surface area contributed by atoms with E-state index in [9.17, 15) is 0 Å². The van der Waals surface area contributed by atoms with E-state index in [-0.39, 0.29) is 0 Å². The number of hydrogen-bond donors (Lipinski definition) is 1. The van der Waals surface area contributed by atoms with E-state index in [1.54, 1.807) is 6.26 Å². The first kappa shape index (κ1) is 11.9. The van der Waals surface area contributed by atoms with Crippen molar-refractivity contribution < 1.29 is 4.42 Å². The molecule has 1 aromatic heterocycles. The van der Waals surface area contributed by atoms with Crippen molar-refractivity contribution in [1.29, 1.82) is 0 Å². The van der Waals surface area contributed by atoms with E-state index in [1.807, 2.05) is 23.9 Å². The Kier molecular flexibility index (Phi) is 3.72. The molecule has 2 nitrogen and oxygen atoms in total. The Balaban J connectivity index is 1.75. The summed E-state index contributed by atoms with van der Waals surface area (Å²) in [6.45, 7) is 0.798. The van der Waals surface area contributed by atoms with Gasteiger partial charge < -0.3 is 9.73 Å². The van der Waals surface area contributed by atoms with Gasteiger partial charge >= 0.3 is 0 Å². The number of furan rings is 1. The van der Waals surface area contributed by atoms with E-state index in [4.69, 9.17) is 4.42 Å². The molecule has 0 bridgehead atoms. The zero-order chi connectivity index (χ0) is 12.2. The summed E-state index contributed by atoms with van der Waals surface area (Å²) in [6.07, 6.45) is 2.91. The third kappa shape index (κ3) is 2.62. The van der Waals surface area contributed by atoms with Gasteiger partial charge in [-0.25, -0.2) is 0 Å². The molecule has 0 saturated carbocycles. The second-order valence-electron chi connectivity index (χ2n) is 4.54. The second kappa shape index (κ2) is 5.63. The van der Waals surface area contributed by atoms with E-state index < -0.39 is 0 Å². The second-order valence-corrected chi connectivity index (χ2v) is 5.69. The summed E-state index contributed by atoms with van der Waals surface area (Å²) in [7, 11) is 0. The lowest BCUT2D eigenvalue weighted by molar-refractivity contribution is 0.462. The van der Waals surface area contributed by atoms with Gasteiger partial charge in [0.2, 0.25) is 0 Å². The zero-order valence-corrected chi connectivity index (χ0v) is 11.1. The number of nitrogens with one attached hydrogen (secondary N) is 1. The Morgan fingerprint density at radius 1 is 1.22 bits per heavy atom. The Labute approximate surface area is 112 Å². The van der Waals surface area contributed by atoms with Crippen molar-refractivity contribution >= 4 is 11.8 Å². The van der Waals surface area contributed by atoms with Crippen molar-refractivity contribution in [3.8, 4) is 0 Å². The molecule has 0 amide bonds. The van der Waals surface area contributed by atoms with Crippen LogP contribution < -0.4 is 5.32 Å². The Hall–Kier alpha value is -1.19. The number of fused-ring (bicyclic) bond motifs is 1. The molecule has 0 saturated heterocycles. The van der Waals surface area contributed by atoms with Crippen molar-refractivity contribution in [2.75, 3.05) is 11.5 Å². The van der Waals surface area contributed by atoms with Crippen LogP contribution in [0.1, 0.15) is 22.9 Å². The summed E-state index contributed by atoms with van der Waals surface area (Å²) in [6, 6.07) is 13.2. The third-order valence-corrected chi connectivity index (χ3v) is 4.40. The van der Waals surface area contributed by atoms with E-state index in [0.29, 0.717) is 6.04 Å². The number of benzene rings is 1. The number of thioether (sulfide) groups is 1. The lowest BCUT2D eigenvalue weighted by atomic mass is 10.00. The van der Waals surface area contributed by atoms with E-state index in [2.05, 4.69) is 29.6 Å². The molecule has 2 heterocycles. The van der Waals surface area contributed by atoms with E-state index >= 15 is 0 Å². The van der Waals surface area contributed by atoms with Gasteiger partial charge in [0.25, 0.3) is 0 Å². The van der Waals surface area contributed by atoms with E-state index in [1.165, 1.54) is 23.3 Å². The first-order valence-electron chi connectivity index (χ1n) is 6.35. The third-order valence-electron chi connectivity index (χ3n) is 3.33. The van der Waals surface area contributed by atoms with E-state index in [0.717, 1.165) is 18.1 Å². The average Bonchev–Trinajstić information content (AvgIpc) is 2.84. The Morgan fingerprint density at radius 3 is 3.06 bits per heavy atom. The standard InChI is InChI=1S/C15H17NOS/c1-2-6-14-12(4-1)7-9-18-11-15(14)16-10-13-5-3-8-17-13/h1-6,8,15-16H,7,9-11H2. The molecule has 3 rings (SSSR count). The summed E-state index contributed by atoms with van der Waals surface area (Å²) < 4.78 is 5.37. The Morgan fingerprint density at radius 2 is 2.17 bits per heavy atom. The van der Waals surface area contributed by atoms with Gasteiger partial charge in [-0.15, -0.1) is 0 Å². The fourth-order valence-electron chi connectivity index (χ4n) is 2.38. The monoisotopic (exact) mass is 259 g/mol. The molecule has 0 radical (unpaired) electrons. The minimum absolute atomic E-state index is 0.429. The molecule has 1 unspecified atom stereocenters. The molecule has 1 N–H and O–H groups in total. The van der Waals surface area contributed by atoms with Gasteiger partial charge in [-0.1, -0.05) is 24.3 Å². The molecule has 1 aliphatic heterocycles. The quantitative estimate of drug-likeness (QED) is 0.914. The molecule has 1 aliphatic rings. The zero-order valence-electron chi connectivity index (χ0n) is 10.3. The smallest absolute Gasteiger partial charge is 0.117 e. The highest BCUT2D eigenvalue weighted by Crippen LogP contribution is 2.27. The van der Waals surface area contributed by atoms with Crippen LogP contribution in [-0.4, -0.2) is 11.5 Å². The summed E-state index contributed by atoms with van der Waals surface area (Å²) in [5.41, 5.74) is 2.94. The summed E-state index contributed by atoms with van der Waals surface area (Å²) in [5.74, 6) is 3.36. The molecule has 0 fully saturated rings. The largest absolute Gasteiger partial charge is 0.468 e. The minimum atomic E-state index is 0.429. The van der Waals surface area contributed by atoms with Crippen LogP contribution in [0.5, 0.6) is 0 Å². The number of aryl methyl sites for hydroxylation is 1. The van der Waals surface area contributed by atoms with Crippen molar-refractivity contribution in [3.63, 3.8) is 0 Å². The SMILES string of the molecule is c1coc(CNC2CSCCc3ccccc32)c1. The molecule has 3 heteroatoms. The lowest BCUT2D eigenvalue weighted by Gasteiger charge is -2.18. The van der Waals surface area contributed by atoms with Crippen molar-refractivity contribution in [2.45, 2.75) is 19.0 Å². The molecular weight excluding hydrogens is 242 g/mol. The van der Waals surface area contributed by atoms with Crippen molar-refractivity contribution in [3.05, 3.63) is 59.5 Å². The number of rotatable bonds is 3. The highest BCUT2D eigenvalue weighted by atomic mass is 32.2. The van der Waals surface area contributed by atoms with Gasteiger partial charge in [0.15, 0.2) is 0 Å². The number of hydrogen-bond acceptors (Lipinski definition) is 3. The van der Waals surface area contributed by atoms with Gasteiger partial charge in [0, 0.05) is 11.8 Å². The topological polar surface area (TPSA) is 25.2 Å². The molecule has 0 spiro atoms. The first-order valence-corrected chi connectivity index (χ1v) is 7.50. The van der Waals surface area contributed by atoms with Crippen molar-refractivity contribution in [2.24, 2.45) is 0 Å². The highest BCUT2D eigenvalue weighted by molar-refractivity contribution is 7.99. The maximum Gasteiger partial charge on any atom is 0.117 e. The molecule has 18 heavy (non-hydrogen) atoms. The lowest BCUT2D eigenvalue weighted by Crippen LogP contribution is -2.23. The van der Waals surface area contributed by atoms with Crippen LogP contribution in [0.25, 0.3) is 0 Å². The molecule has 94 valence electrons. The highest BCUT2D eigenvalue weighted by Gasteiger charge is 2.18. The van der Waals surface area contributed by atoms with Gasteiger partial charge in [0.05, 0.1) is 12.8 Å². The minimum Gasteiger partial charge on any atom is -0.468 e. The fraction of sp³-hybridized carbons (Fsp3) is 0.333. The van der Waals surface area contributed by atoms with Crippen molar-refractivity contribution in [1.82, 2.24) is 5.32 Å². The summed E-state index contributed by atoms with van der Waals surface area (Å²) in [5, 5.41) is 3.61. The first-order chi connectivity index (χ1) is 8.93. The predicted octanol–water partition coefficient (Wildman–Crippen LogP) is 3.40. The van der Waals surface area contributed by atoms with Crippen LogP contribution in [0.15, 0.2) is 47.1 Å². The molecule has 1 aromatic carbocycles. The molecule has 2 aromatic rings. The fourth-order valence-corrected chi connectivity index (χ4v) is 3.44. The van der Waals surface area contributed by atoms with Gasteiger partial charge in [-0.3, -0.25) is 0 Å². The molecule has 1 atom stereocenters. The predicted molar refractivity (Wildman–Crippen MR) is 75.8 cm³/mol. The molecular formula is C15H17NOS. The van der Waals surface area contributed by atoms with Crippen LogP contribution in [0, 0.1) is 0 Å². The van der Waals surface area contributed by atoms with Crippen LogP contribution >= 0.6 is 11.8 Å². The van der Waals surface area contributed by atoms with Gasteiger partial charge in [0.1, 0.15) is 5.76 Å². The normalized spacial score (nSPS) is 19.2.